The highest BCUT2D eigenvalue weighted by Crippen LogP contribution is 2.61. The minimum absolute atomic E-state index is 0.198. The van der Waals surface area contributed by atoms with Gasteiger partial charge in [-0.05, 0) is 91.5 Å². The van der Waals surface area contributed by atoms with Gasteiger partial charge in [0.15, 0.2) is 0 Å². The molecule has 156 valence electrons. The fourth-order valence-electron chi connectivity index (χ4n) is 6.84. The topological polar surface area (TPSA) is 67.2 Å². The van der Waals surface area contributed by atoms with Crippen molar-refractivity contribution in [1.29, 1.82) is 0 Å². The predicted molar refractivity (Wildman–Crippen MR) is 121 cm³/mol. The molecule has 0 spiro atoms. The van der Waals surface area contributed by atoms with Gasteiger partial charge in [-0.1, -0.05) is 24.3 Å². The van der Waals surface area contributed by atoms with Crippen molar-refractivity contribution in [2.75, 3.05) is 0 Å². The summed E-state index contributed by atoms with van der Waals surface area (Å²) in [4.78, 5) is 21.8. The minimum atomic E-state index is -0.274. The highest BCUT2D eigenvalue weighted by Gasteiger charge is 2.52. The summed E-state index contributed by atoms with van der Waals surface area (Å²) in [7, 11) is 0. The lowest BCUT2D eigenvalue weighted by molar-refractivity contribution is -0.00453. The molecule has 0 saturated heterocycles. The summed E-state index contributed by atoms with van der Waals surface area (Å²) in [5.41, 5.74) is 6.21. The average molecular weight is 411 g/mol. The fraction of sp³-hybridized carbons (Fsp3) is 0.385. The van der Waals surface area contributed by atoms with Crippen LogP contribution < -0.4 is 5.43 Å². The maximum Gasteiger partial charge on any atom is 0.289 e. The maximum atomic E-state index is 12.9. The van der Waals surface area contributed by atoms with Crippen LogP contribution in [0.25, 0.3) is 10.9 Å². The second-order valence-electron chi connectivity index (χ2n) is 9.72. The summed E-state index contributed by atoms with van der Waals surface area (Å²) in [6.07, 6.45) is 11.2. The first kappa shape index (κ1) is 18.7. The van der Waals surface area contributed by atoms with E-state index in [1.54, 1.807) is 12.4 Å². The highest BCUT2D eigenvalue weighted by atomic mass is 16.2. The molecule has 0 radical (unpaired) electrons. The van der Waals surface area contributed by atoms with Crippen LogP contribution in [0.2, 0.25) is 0 Å². The number of aromatic nitrogens is 2. The van der Waals surface area contributed by atoms with Gasteiger partial charge in [0.25, 0.3) is 5.91 Å². The summed E-state index contributed by atoms with van der Waals surface area (Å²) in [6, 6.07) is 15.9. The second-order valence-corrected chi connectivity index (χ2v) is 9.72. The number of carbonyl (C=O) groups excluding carboxylic acids is 1. The molecule has 1 aromatic carbocycles. The van der Waals surface area contributed by atoms with E-state index in [4.69, 9.17) is 0 Å². The first-order chi connectivity index (χ1) is 15.2. The van der Waals surface area contributed by atoms with Gasteiger partial charge in [-0.2, -0.15) is 5.10 Å². The summed E-state index contributed by atoms with van der Waals surface area (Å²) >= 11 is 0. The predicted octanol–water partition coefficient (Wildman–Crippen LogP) is 4.86. The van der Waals surface area contributed by atoms with Crippen molar-refractivity contribution in [2.24, 2.45) is 22.9 Å². The summed E-state index contributed by atoms with van der Waals surface area (Å²) < 4.78 is 0. The van der Waals surface area contributed by atoms with Crippen LogP contribution >= 0.6 is 0 Å². The SMILES string of the molecule is O=C(N/N=C/c1ccccn1)c1cc(C23CC4CC(CC(C4)C2)C3)c2ccccc2n1. The molecule has 4 aliphatic carbocycles. The Labute approximate surface area is 182 Å². The number of hydrazone groups is 1. The molecule has 0 atom stereocenters. The van der Waals surface area contributed by atoms with Crippen LogP contribution in [0.5, 0.6) is 0 Å². The molecule has 4 bridgehead atoms. The lowest BCUT2D eigenvalue weighted by Gasteiger charge is -2.57. The smallest absolute Gasteiger partial charge is 0.266 e. The fourth-order valence-corrected chi connectivity index (χ4v) is 6.84. The van der Waals surface area contributed by atoms with E-state index in [9.17, 15) is 4.79 Å². The summed E-state index contributed by atoms with van der Waals surface area (Å²) in [5, 5.41) is 5.30. The number of hydrogen-bond donors (Lipinski definition) is 1. The zero-order valence-corrected chi connectivity index (χ0v) is 17.5. The molecule has 31 heavy (non-hydrogen) atoms. The monoisotopic (exact) mass is 410 g/mol. The Bertz CT molecular complexity index is 1140. The molecule has 2 aromatic heterocycles. The number of nitrogens with zero attached hydrogens (tertiary/aromatic N) is 3. The molecular formula is C26H26N4O. The lowest BCUT2D eigenvalue weighted by Crippen LogP contribution is -2.48. The van der Waals surface area contributed by atoms with Gasteiger partial charge in [-0.25, -0.2) is 10.4 Å². The van der Waals surface area contributed by atoms with E-state index in [0.717, 1.165) is 23.3 Å². The van der Waals surface area contributed by atoms with Crippen molar-refractivity contribution in [3.63, 3.8) is 0 Å². The van der Waals surface area contributed by atoms with Crippen molar-refractivity contribution in [3.8, 4) is 0 Å². The zero-order valence-electron chi connectivity index (χ0n) is 17.5. The van der Waals surface area contributed by atoms with Crippen molar-refractivity contribution in [1.82, 2.24) is 15.4 Å². The van der Waals surface area contributed by atoms with Crippen LogP contribution in [0.4, 0.5) is 0 Å². The minimum Gasteiger partial charge on any atom is -0.266 e. The Kier molecular flexibility index (Phi) is 4.37. The zero-order chi connectivity index (χ0) is 20.8. The van der Waals surface area contributed by atoms with Gasteiger partial charge < -0.3 is 0 Å². The Morgan fingerprint density at radius 1 is 1.00 bits per heavy atom. The van der Waals surface area contributed by atoms with E-state index in [1.165, 1.54) is 49.5 Å². The number of fused-ring (bicyclic) bond motifs is 1. The third-order valence-corrected chi connectivity index (χ3v) is 7.61. The van der Waals surface area contributed by atoms with Gasteiger partial charge in [0.2, 0.25) is 0 Å². The summed E-state index contributed by atoms with van der Waals surface area (Å²) in [6.45, 7) is 0. The average Bonchev–Trinajstić information content (AvgIpc) is 2.78. The molecule has 5 nitrogen and oxygen atoms in total. The third kappa shape index (κ3) is 3.32. The van der Waals surface area contributed by atoms with E-state index in [2.05, 4.69) is 38.7 Å². The number of rotatable bonds is 4. The Morgan fingerprint density at radius 2 is 1.71 bits per heavy atom. The quantitative estimate of drug-likeness (QED) is 0.493. The van der Waals surface area contributed by atoms with E-state index in [0.29, 0.717) is 11.4 Å². The molecule has 0 aliphatic heterocycles. The lowest BCUT2D eigenvalue weighted by atomic mass is 9.48. The Hall–Kier alpha value is -3.08. The van der Waals surface area contributed by atoms with Gasteiger partial charge >= 0.3 is 0 Å². The Morgan fingerprint density at radius 3 is 2.42 bits per heavy atom. The number of para-hydroxylation sites is 1. The van der Waals surface area contributed by atoms with Gasteiger partial charge in [-0.15, -0.1) is 0 Å². The van der Waals surface area contributed by atoms with Gasteiger partial charge in [0.05, 0.1) is 17.4 Å². The normalized spacial score (nSPS) is 29.0. The van der Waals surface area contributed by atoms with E-state index in [1.807, 2.05) is 30.3 Å². The largest absolute Gasteiger partial charge is 0.289 e. The second kappa shape index (κ2) is 7.26. The molecule has 4 saturated carbocycles. The molecule has 3 aromatic rings. The molecular weight excluding hydrogens is 384 g/mol. The van der Waals surface area contributed by atoms with Crippen LogP contribution in [0.15, 0.2) is 59.8 Å². The van der Waals surface area contributed by atoms with E-state index in [-0.39, 0.29) is 11.3 Å². The van der Waals surface area contributed by atoms with Crippen LogP contribution in [-0.4, -0.2) is 22.1 Å². The number of hydrogen-bond acceptors (Lipinski definition) is 4. The van der Waals surface area contributed by atoms with E-state index >= 15 is 0 Å². The number of benzene rings is 1. The van der Waals surface area contributed by atoms with Crippen molar-refractivity contribution in [2.45, 2.75) is 43.9 Å². The van der Waals surface area contributed by atoms with Crippen LogP contribution in [0.3, 0.4) is 0 Å². The molecule has 1 N–H and O–H groups in total. The maximum absolute atomic E-state index is 12.9. The Balaban J connectivity index is 1.36. The number of amides is 1. The van der Waals surface area contributed by atoms with Crippen LogP contribution in [0, 0.1) is 17.8 Å². The van der Waals surface area contributed by atoms with Gasteiger partial charge in [0.1, 0.15) is 5.69 Å². The first-order valence-electron chi connectivity index (χ1n) is 11.3. The molecule has 7 rings (SSSR count). The van der Waals surface area contributed by atoms with Gasteiger partial charge in [0, 0.05) is 11.6 Å². The van der Waals surface area contributed by atoms with Gasteiger partial charge in [-0.3, -0.25) is 9.78 Å². The molecule has 4 aliphatic rings. The van der Waals surface area contributed by atoms with Crippen LogP contribution in [-0.2, 0) is 5.41 Å². The van der Waals surface area contributed by atoms with Crippen molar-refractivity contribution >= 4 is 23.0 Å². The first-order valence-corrected chi connectivity index (χ1v) is 11.3. The third-order valence-electron chi connectivity index (χ3n) is 7.61. The van der Waals surface area contributed by atoms with Crippen molar-refractivity contribution in [3.05, 3.63) is 71.7 Å². The number of pyridine rings is 2. The van der Waals surface area contributed by atoms with Crippen LogP contribution in [0.1, 0.15) is 60.3 Å². The number of carbonyl (C=O) groups is 1. The standard InChI is InChI=1S/C26H26N4O/c31-25(30-28-16-20-5-3-4-8-27-20)24-12-22(21-6-1-2-7-23(21)29-24)26-13-17-9-18(14-26)11-19(10-17)15-26/h1-8,12,16-19H,9-11,13-15H2,(H,30,31)/b28-16+. The van der Waals surface area contributed by atoms with Crippen molar-refractivity contribution < 1.29 is 4.79 Å². The van der Waals surface area contributed by atoms with E-state index < -0.39 is 0 Å². The number of nitrogens with one attached hydrogen (secondary N) is 1. The molecule has 4 fully saturated rings. The molecule has 1 amide bonds. The molecule has 2 heterocycles. The summed E-state index contributed by atoms with van der Waals surface area (Å²) in [5.74, 6) is 2.26. The molecule has 5 heteroatoms. The molecule has 0 unspecified atom stereocenters. The highest BCUT2D eigenvalue weighted by molar-refractivity contribution is 5.96.